The molecule has 27 heavy (non-hydrogen) atoms. The molecule has 0 aliphatic rings. The van der Waals surface area contributed by atoms with Gasteiger partial charge in [0.1, 0.15) is 6.10 Å². The minimum absolute atomic E-state index is 0.110. The highest BCUT2D eigenvalue weighted by Crippen LogP contribution is 2.20. The van der Waals surface area contributed by atoms with Crippen LogP contribution in [0.4, 0.5) is 0 Å². The first-order valence-corrected chi connectivity index (χ1v) is 10.4. The molecule has 0 aromatic heterocycles. The number of hydrogen-bond donors (Lipinski definition) is 0. The topological polar surface area (TPSA) is 69.7 Å². The van der Waals surface area contributed by atoms with E-state index < -0.39 is 28.3 Å². The second kappa shape index (κ2) is 9.67. The van der Waals surface area contributed by atoms with Crippen molar-refractivity contribution in [2.75, 3.05) is 0 Å². The molecule has 0 bridgehead atoms. The van der Waals surface area contributed by atoms with E-state index in [4.69, 9.17) is 8.92 Å². The molecule has 0 aliphatic carbocycles. The highest BCUT2D eigenvalue weighted by Gasteiger charge is 2.24. The third kappa shape index (κ3) is 6.81. The number of esters is 1. The predicted molar refractivity (Wildman–Crippen MR) is 104 cm³/mol. The van der Waals surface area contributed by atoms with Crippen LogP contribution in [0.1, 0.15) is 44.0 Å². The van der Waals surface area contributed by atoms with Gasteiger partial charge in [-0.05, 0) is 43.5 Å². The normalized spacial score (nSPS) is 13.9. The molecule has 2 atom stereocenters. The fourth-order valence-electron chi connectivity index (χ4n) is 2.78. The van der Waals surface area contributed by atoms with E-state index in [0.717, 1.165) is 0 Å². The maximum atomic E-state index is 12.4. The molecule has 0 saturated carbocycles. The maximum absolute atomic E-state index is 12.4. The number of benzene rings is 2. The molecule has 6 heteroatoms. The molecule has 0 fully saturated rings. The lowest BCUT2D eigenvalue weighted by molar-refractivity contribution is 0.0141. The van der Waals surface area contributed by atoms with Gasteiger partial charge in [0.25, 0.3) is 10.1 Å². The molecule has 0 heterocycles. The van der Waals surface area contributed by atoms with Crippen LogP contribution in [0.2, 0.25) is 0 Å². The Morgan fingerprint density at radius 2 is 1.44 bits per heavy atom. The molecule has 2 aromatic carbocycles. The van der Waals surface area contributed by atoms with E-state index in [2.05, 4.69) is 0 Å². The third-order valence-electron chi connectivity index (χ3n) is 3.94. The van der Waals surface area contributed by atoms with Crippen molar-refractivity contribution in [1.29, 1.82) is 0 Å². The highest BCUT2D eigenvalue weighted by molar-refractivity contribution is 7.86. The highest BCUT2D eigenvalue weighted by atomic mass is 32.2. The van der Waals surface area contributed by atoms with Gasteiger partial charge in [-0.3, -0.25) is 4.18 Å². The summed E-state index contributed by atoms with van der Waals surface area (Å²) in [6.07, 6.45) is -0.137. The van der Waals surface area contributed by atoms with Gasteiger partial charge in [0.15, 0.2) is 0 Å². The minimum Gasteiger partial charge on any atom is -0.459 e. The van der Waals surface area contributed by atoms with Gasteiger partial charge in [-0.15, -0.1) is 0 Å². The van der Waals surface area contributed by atoms with Crippen LogP contribution in [0.3, 0.4) is 0 Å². The monoisotopic (exact) mass is 390 g/mol. The van der Waals surface area contributed by atoms with Crippen LogP contribution in [0.5, 0.6) is 0 Å². The molecule has 0 radical (unpaired) electrons. The summed E-state index contributed by atoms with van der Waals surface area (Å²) < 4.78 is 35.6. The molecule has 0 saturated heterocycles. The summed E-state index contributed by atoms with van der Waals surface area (Å²) in [6, 6.07) is 16.7. The van der Waals surface area contributed by atoms with Crippen LogP contribution < -0.4 is 0 Å². The van der Waals surface area contributed by atoms with Gasteiger partial charge in [-0.1, -0.05) is 50.2 Å². The third-order valence-corrected chi connectivity index (χ3v) is 5.37. The van der Waals surface area contributed by atoms with Crippen LogP contribution in [-0.4, -0.2) is 26.6 Å². The molecule has 0 amide bonds. The largest absolute Gasteiger partial charge is 0.459 e. The van der Waals surface area contributed by atoms with E-state index in [9.17, 15) is 13.2 Å². The smallest absolute Gasteiger partial charge is 0.338 e. The van der Waals surface area contributed by atoms with E-state index in [0.29, 0.717) is 18.4 Å². The molecule has 2 rings (SSSR count). The first-order chi connectivity index (χ1) is 12.8. The number of hydrogen-bond acceptors (Lipinski definition) is 5. The summed E-state index contributed by atoms with van der Waals surface area (Å²) in [7, 11) is -3.85. The van der Waals surface area contributed by atoms with Crippen molar-refractivity contribution in [2.24, 2.45) is 5.92 Å². The van der Waals surface area contributed by atoms with E-state index in [1.807, 2.05) is 19.9 Å². The first-order valence-electron chi connectivity index (χ1n) is 9.02. The predicted octanol–water partition coefficient (Wildman–Crippen LogP) is 4.44. The molecule has 2 aromatic rings. The van der Waals surface area contributed by atoms with Crippen LogP contribution in [0.15, 0.2) is 65.6 Å². The molecule has 0 N–H and O–H groups in total. The standard InChI is InChI=1S/C21H26O5S/c1-16(2)14-19(25-21(22)18-10-6-4-7-11-18)15-17(3)26-27(23,24)20-12-8-5-9-13-20/h4-13,16-17,19H,14-15H2,1-3H3. The van der Waals surface area contributed by atoms with Crippen molar-refractivity contribution in [3.05, 3.63) is 66.2 Å². The second-order valence-electron chi connectivity index (χ2n) is 6.93. The Morgan fingerprint density at radius 1 is 0.889 bits per heavy atom. The fourth-order valence-corrected chi connectivity index (χ4v) is 3.89. The molecule has 5 nitrogen and oxygen atoms in total. The quantitative estimate of drug-likeness (QED) is 0.468. The Labute approximate surface area is 161 Å². The van der Waals surface area contributed by atoms with E-state index in [1.165, 1.54) is 12.1 Å². The van der Waals surface area contributed by atoms with Gasteiger partial charge in [0.2, 0.25) is 0 Å². The van der Waals surface area contributed by atoms with Gasteiger partial charge in [0, 0.05) is 6.42 Å². The van der Waals surface area contributed by atoms with Crippen LogP contribution in [0, 0.1) is 5.92 Å². The fraction of sp³-hybridized carbons (Fsp3) is 0.381. The van der Waals surface area contributed by atoms with Crippen LogP contribution in [-0.2, 0) is 19.0 Å². The van der Waals surface area contributed by atoms with Crippen molar-refractivity contribution in [3.8, 4) is 0 Å². The zero-order valence-electron chi connectivity index (χ0n) is 15.9. The summed E-state index contributed by atoms with van der Waals surface area (Å²) in [5.41, 5.74) is 0.469. The Bertz CT molecular complexity index is 816. The van der Waals surface area contributed by atoms with Gasteiger partial charge in [-0.2, -0.15) is 8.42 Å². The summed E-state index contributed by atoms with van der Waals surface area (Å²) in [4.78, 5) is 12.5. The summed E-state index contributed by atoms with van der Waals surface area (Å²) in [5, 5.41) is 0. The Hall–Kier alpha value is -2.18. The SMILES string of the molecule is CC(C)CC(CC(C)OS(=O)(=O)c1ccccc1)OC(=O)c1ccccc1. The molecule has 0 spiro atoms. The van der Waals surface area contributed by atoms with E-state index in [-0.39, 0.29) is 10.8 Å². The van der Waals surface area contributed by atoms with Gasteiger partial charge in [0.05, 0.1) is 16.6 Å². The number of rotatable bonds is 9. The Morgan fingerprint density at radius 3 is 2.00 bits per heavy atom. The average molecular weight is 391 g/mol. The van der Waals surface area contributed by atoms with Crippen molar-refractivity contribution in [1.82, 2.24) is 0 Å². The van der Waals surface area contributed by atoms with E-state index in [1.54, 1.807) is 49.4 Å². The molecule has 2 unspecified atom stereocenters. The Kier molecular flexibility index (Phi) is 7.56. The van der Waals surface area contributed by atoms with Gasteiger partial charge >= 0.3 is 5.97 Å². The van der Waals surface area contributed by atoms with Crippen molar-refractivity contribution in [3.63, 3.8) is 0 Å². The Balaban J connectivity index is 2.03. The lowest BCUT2D eigenvalue weighted by Gasteiger charge is -2.23. The molecule has 146 valence electrons. The molecular formula is C21H26O5S. The van der Waals surface area contributed by atoms with Gasteiger partial charge < -0.3 is 4.74 Å². The van der Waals surface area contributed by atoms with Crippen LogP contribution in [0.25, 0.3) is 0 Å². The summed E-state index contributed by atoms with van der Waals surface area (Å²) >= 11 is 0. The average Bonchev–Trinajstić information content (AvgIpc) is 2.62. The van der Waals surface area contributed by atoms with E-state index >= 15 is 0 Å². The number of ether oxygens (including phenoxy) is 1. The lowest BCUT2D eigenvalue weighted by Crippen LogP contribution is -2.27. The lowest BCUT2D eigenvalue weighted by atomic mass is 10.0. The van der Waals surface area contributed by atoms with Crippen molar-refractivity contribution < 1.29 is 22.1 Å². The van der Waals surface area contributed by atoms with Crippen molar-refractivity contribution in [2.45, 2.75) is 50.7 Å². The minimum atomic E-state index is -3.85. The summed E-state index contributed by atoms with van der Waals surface area (Å²) in [5.74, 6) is -0.129. The molecular weight excluding hydrogens is 364 g/mol. The van der Waals surface area contributed by atoms with Gasteiger partial charge in [-0.25, -0.2) is 4.79 Å². The van der Waals surface area contributed by atoms with Crippen molar-refractivity contribution >= 4 is 16.1 Å². The maximum Gasteiger partial charge on any atom is 0.338 e. The zero-order chi connectivity index (χ0) is 19.9. The first kappa shape index (κ1) is 21.1. The van der Waals surface area contributed by atoms with Crippen LogP contribution >= 0.6 is 0 Å². The summed E-state index contributed by atoms with van der Waals surface area (Å²) in [6.45, 7) is 5.72. The second-order valence-corrected chi connectivity index (χ2v) is 8.50. The zero-order valence-corrected chi connectivity index (χ0v) is 16.7. The molecule has 0 aliphatic heterocycles. The number of carbonyl (C=O) groups is 1. The number of carbonyl (C=O) groups excluding carboxylic acids is 1.